The molecule has 0 heterocycles. The van der Waals surface area contributed by atoms with Crippen LogP contribution in [-0.4, -0.2) is 23.9 Å². The molecule has 0 spiro atoms. The van der Waals surface area contributed by atoms with Gasteiger partial charge in [0, 0.05) is 30.5 Å². The zero-order valence-corrected chi connectivity index (χ0v) is 15.4. The van der Waals surface area contributed by atoms with Gasteiger partial charge in [-0.2, -0.15) is 0 Å². The van der Waals surface area contributed by atoms with Crippen LogP contribution in [0.2, 0.25) is 0 Å². The van der Waals surface area contributed by atoms with Gasteiger partial charge in [0.15, 0.2) is 6.29 Å². The second kappa shape index (κ2) is 17.3. The highest BCUT2D eigenvalue weighted by atomic mass is 127. The molecular weight excluding hydrogens is 363 g/mol. The molecule has 0 bridgehead atoms. The van der Waals surface area contributed by atoms with Crippen molar-refractivity contribution in [3.8, 4) is 11.8 Å². The molecule has 0 aromatic rings. The first-order valence-electron chi connectivity index (χ1n) is 8.10. The maximum absolute atomic E-state index is 5.71. The topological polar surface area (TPSA) is 18.5 Å². The number of hydrogen-bond donors (Lipinski definition) is 0. The second-order valence-electron chi connectivity index (χ2n) is 4.92. The molecule has 0 amide bonds. The fourth-order valence-corrected chi connectivity index (χ4v) is 2.13. The van der Waals surface area contributed by atoms with Crippen molar-refractivity contribution in [2.45, 2.75) is 77.9 Å². The highest BCUT2D eigenvalue weighted by Gasteiger charge is 2.07. The van der Waals surface area contributed by atoms with Gasteiger partial charge in [0.1, 0.15) is 0 Å². The Morgan fingerprint density at radius 1 is 0.850 bits per heavy atom. The molecule has 3 heteroatoms. The normalized spacial score (nSPS) is 10.6. The molecule has 0 radical (unpaired) electrons. The number of hydrogen-bond acceptors (Lipinski definition) is 2. The van der Waals surface area contributed by atoms with Gasteiger partial charge >= 0.3 is 0 Å². The summed E-state index contributed by atoms with van der Waals surface area (Å²) in [7, 11) is 0. The summed E-state index contributed by atoms with van der Waals surface area (Å²) in [6.07, 6.45) is 10.0. The Morgan fingerprint density at radius 3 is 2.00 bits per heavy atom. The van der Waals surface area contributed by atoms with Crippen molar-refractivity contribution in [1.29, 1.82) is 0 Å². The minimum atomic E-state index is 0.00429. The van der Waals surface area contributed by atoms with E-state index in [9.17, 15) is 0 Å². The minimum Gasteiger partial charge on any atom is -0.353 e. The molecule has 0 aromatic carbocycles. The summed E-state index contributed by atoms with van der Waals surface area (Å²) in [5.41, 5.74) is 0. The van der Waals surface area contributed by atoms with E-state index in [2.05, 4.69) is 48.3 Å². The molecule has 0 atom stereocenters. The Bertz CT molecular complexity index is 237. The van der Waals surface area contributed by atoms with Crippen LogP contribution < -0.4 is 0 Å². The molecule has 0 fully saturated rings. The Hall–Kier alpha value is 0.210. The Balaban J connectivity index is 3.52. The van der Waals surface area contributed by atoms with Crippen LogP contribution in [0.3, 0.4) is 0 Å². The molecule has 0 aliphatic heterocycles. The fraction of sp³-hybridized carbons (Fsp3) is 0.882. The van der Waals surface area contributed by atoms with Gasteiger partial charge in [-0.3, -0.25) is 0 Å². The average Bonchev–Trinajstić information content (AvgIpc) is 2.47. The minimum absolute atomic E-state index is 0.00429. The zero-order valence-electron chi connectivity index (χ0n) is 13.3. The number of halogens is 1. The molecule has 118 valence electrons. The van der Waals surface area contributed by atoms with Crippen molar-refractivity contribution in [3.63, 3.8) is 0 Å². The van der Waals surface area contributed by atoms with E-state index >= 15 is 0 Å². The Kier molecular flexibility index (Phi) is 17.4. The number of ether oxygens (including phenoxy) is 2. The van der Waals surface area contributed by atoms with Crippen LogP contribution in [0.5, 0.6) is 0 Å². The van der Waals surface area contributed by atoms with Gasteiger partial charge in [0.2, 0.25) is 0 Å². The molecule has 20 heavy (non-hydrogen) atoms. The van der Waals surface area contributed by atoms with E-state index in [4.69, 9.17) is 9.47 Å². The van der Waals surface area contributed by atoms with Crippen LogP contribution in [-0.2, 0) is 9.47 Å². The second-order valence-corrected chi connectivity index (χ2v) is 6.00. The molecule has 0 aromatic heterocycles. The molecule has 0 unspecified atom stereocenters. The summed E-state index contributed by atoms with van der Waals surface area (Å²) in [6.45, 7) is 5.87. The molecule has 0 aliphatic carbocycles. The fourth-order valence-electron chi connectivity index (χ4n) is 1.75. The number of unbranched alkanes of at least 4 members (excludes halogenated alkanes) is 4. The van der Waals surface area contributed by atoms with Crippen molar-refractivity contribution >= 4 is 22.6 Å². The van der Waals surface area contributed by atoms with Crippen LogP contribution in [0.4, 0.5) is 0 Å². The SMILES string of the molecule is CCCOC(CCCCCC#CCCCI)OCCC. The zero-order chi connectivity index (χ0) is 14.9. The van der Waals surface area contributed by atoms with Crippen LogP contribution >= 0.6 is 22.6 Å². The van der Waals surface area contributed by atoms with E-state index in [0.717, 1.165) is 45.3 Å². The van der Waals surface area contributed by atoms with Crippen LogP contribution in [0.25, 0.3) is 0 Å². The first-order valence-corrected chi connectivity index (χ1v) is 9.62. The number of alkyl halides is 1. The van der Waals surface area contributed by atoms with Gasteiger partial charge < -0.3 is 9.47 Å². The highest BCUT2D eigenvalue weighted by Crippen LogP contribution is 2.10. The first kappa shape index (κ1) is 20.2. The van der Waals surface area contributed by atoms with E-state index in [1.165, 1.54) is 30.1 Å². The molecule has 0 rings (SSSR count). The average molecular weight is 394 g/mol. The van der Waals surface area contributed by atoms with E-state index in [1.54, 1.807) is 0 Å². The maximum Gasteiger partial charge on any atom is 0.157 e. The van der Waals surface area contributed by atoms with Gasteiger partial charge in [-0.25, -0.2) is 0 Å². The lowest BCUT2D eigenvalue weighted by atomic mass is 10.1. The highest BCUT2D eigenvalue weighted by molar-refractivity contribution is 14.1. The van der Waals surface area contributed by atoms with Crippen molar-refractivity contribution in [3.05, 3.63) is 0 Å². The summed E-state index contributed by atoms with van der Waals surface area (Å²) in [6, 6.07) is 0. The predicted molar refractivity (Wildman–Crippen MR) is 95.3 cm³/mol. The lowest BCUT2D eigenvalue weighted by molar-refractivity contribution is -0.146. The van der Waals surface area contributed by atoms with E-state index in [-0.39, 0.29) is 6.29 Å². The van der Waals surface area contributed by atoms with Gasteiger partial charge in [-0.1, -0.05) is 42.9 Å². The predicted octanol–water partition coefficient (Wildman–Crippen LogP) is 5.33. The maximum atomic E-state index is 5.71. The lowest BCUT2D eigenvalue weighted by Crippen LogP contribution is -2.18. The summed E-state index contributed by atoms with van der Waals surface area (Å²) in [5, 5.41) is 0. The summed E-state index contributed by atoms with van der Waals surface area (Å²) < 4.78 is 12.6. The van der Waals surface area contributed by atoms with Crippen molar-refractivity contribution < 1.29 is 9.47 Å². The van der Waals surface area contributed by atoms with E-state index in [1.807, 2.05) is 0 Å². The standard InChI is InChI=1S/C17H31IO2/c1-3-15-19-17(20-16-4-2)13-11-9-7-5-6-8-10-12-14-18/h17H,3-5,7,9-16H2,1-2H3. The van der Waals surface area contributed by atoms with Gasteiger partial charge in [0.25, 0.3) is 0 Å². The van der Waals surface area contributed by atoms with Crippen molar-refractivity contribution in [2.75, 3.05) is 17.6 Å². The molecular formula is C17H31IO2. The third-order valence-electron chi connectivity index (χ3n) is 2.82. The van der Waals surface area contributed by atoms with E-state index < -0.39 is 0 Å². The van der Waals surface area contributed by atoms with Crippen molar-refractivity contribution in [2.24, 2.45) is 0 Å². The summed E-state index contributed by atoms with van der Waals surface area (Å²) >= 11 is 2.40. The van der Waals surface area contributed by atoms with Crippen molar-refractivity contribution in [1.82, 2.24) is 0 Å². The van der Waals surface area contributed by atoms with Gasteiger partial charge in [0.05, 0.1) is 0 Å². The van der Waals surface area contributed by atoms with Crippen LogP contribution in [0, 0.1) is 11.8 Å². The van der Waals surface area contributed by atoms with Crippen LogP contribution in [0.1, 0.15) is 71.6 Å². The molecule has 0 saturated carbocycles. The Morgan fingerprint density at radius 2 is 1.45 bits per heavy atom. The number of rotatable bonds is 13. The quantitative estimate of drug-likeness (QED) is 0.138. The Labute approximate surface area is 139 Å². The monoisotopic (exact) mass is 394 g/mol. The molecule has 0 saturated heterocycles. The molecule has 2 nitrogen and oxygen atoms in total. The summed E-state index contributed by atoms with van der Waals surface area (Å²) in [5.74, 6) is 6.50. The first-order chi connectivity index (χ1) is 9.85. The van der Waals surface area contributed by atoms with Crippen LogP contribution in [0.15, 0.2) is 0 Å². The summed E-state index contributed by atoms with van der Waals surface area (Å²) in [4.78, 5) is 0. The van der Waals surface area contributed by atoms with E-state index in [0.29, 0.717) is 0 Å². The molecule has 0 aliphatic rings. The molecule has 0 N–H and O–H groups in total. The lowest BCUT2D eigenvalue weighted by Gasteiger charge is -2.17. The largest absolute Gasteiger partial charge is 0.353 e. The smallest absolute Gasteiger partial charge is 0.157 e. The van der Waals surface area contributed by atoms with Gasteiger partial charge in [-0.15, -0.1) is 11.8 Å². The third-order valence-corrected chi connectivity index (χ3v) is 3.58. The van der Waals surface area contributed by atoms with Gasteiger partial charge in [-0.05, 0) is 38.5 Å². The third kappa shape index (κ3) is 14.6.